The normalized spacial score (nSPS) is 13.7. The number of unbranched alkanes of at least 4 members (excludes halogenated alkanes) is 9. The van der Waals surface area contributed by atoms with Gasteiger partial charge in [-0.15, -0.1) is 0 Å². The third-order valence-corrected chi connectivity index (χ3v) is 5.22. The fraction of sp³-hybridized carbons (Fsp3) is 1.00. The maximum absolute atomic E-state index is 11.7. The molecule has 22 heavy (non-hydrogen) atoms. The van der Waals surface area contributed by atoms with Gasteiger partial charge in [0.15, 0.2) is 0 Å². The Kier molecular flexibility index (Phi) is 13.2. The molecule has 0 saturated heterocycles. The molecule has 0 bridgehead atoms. The zero-order valence-electron chi connectivity index (χ0n) is 14.7. The van der Waals surface area contributed by atoms with Crippen LogP contribution in [0.15, 0.2) is 0 Å². The van der Waals surface area contributed by atoms with Gasteiger partial charge in [0.2, 0.25) is 0 Å². The lowest BCUT2D eigenvalue weighted by atomic mass is 10.1. The van der Waals surface area contributed by atoms with E-state index in [1.165, 1.54) is 44.9 Å². The summed E-state index contributed by atoms with van der Waals surface area (Å²) in [5.41, 5.74) is 0. The molecule has 0 aromatic rings. The van der Waals surface area contributed by atoms with Gasteiger partial charge in [-0.3, -0.25) is 4.18 Å². The Morgan fingerprint density at radius 3 is 1.77 bits per heavy atom. The Hall–Kier alpha value is -0.130. The van der Waals surface area contributed by atoms with Crippen LogP contribution >= 0.6 is 0 Å². The van der Waals surface area contributed by atoms with E-state index in [1.807, 2.05) is 13.8 Å². The van der Waals surface area contributed by atoms with Crippen LogP contribution < -0.4 is 0 Å². The van der Waals surface area contributed by atoms with Crippen molar-refractivity contribution in [1.82, 2.24) is 0 Å². The van der Waals surface area contributed by atoms with Gasteiger partial charge in [0.25, 0.3) is 10.1 Å². The highest BCUT2D eigenvalue weighted by Gasteiger charge is 2.16. The summed E-state index contributed by atoms with van der Waals surface area (Å²) in [5, 5.41) is 9.55. The number of aliphatic hydroxyl groups is 1. The van der Waals surface area contributed by atoms with Crippen molar-refractivity contribution >= 4 is 10.1 Å². The third kappa shape index (κ3) is 13.5. The first-order valence-corrected chi connectivity index (χ1v) is 10.5. The van der Waals surface area contributed by atoms with E-state index < -0.39 is 16.2 Å². The van der Waals surface area contributed by atoms with Crippen LogP contribution in [0, 0.1) is 5.92 Å². The molecule has 5 heteroatoms. The second kappa shape index (κ2) is 13.3. The fourth-order valence-electron chi connectivity index (χ4n) is 2.19. The van der Waals surface area contributed by atoms with Gasteiger partial charge >= 0.3 is 0 Å². The van der Waals surface area contributed by atoms with Gasteiger partial charge in [0.05, 0.1) is 18.5 Å². The highest BCUT2D eigenvalue weighted by atomic mass is 32.2. The minimum absolute atomic E-state index is 0.00697. The minimum Gasteiger partial charge on any atom is -0.390 e. The smallest absolute Gasteiger partial charge is 0.267 e. The van der Waals surface area contributed by atoms with Crippen LogP contribution in [0.1, 0.15) is 85.0 Å². The van der Waals surface area contributed by atoms with E-state index in [9.17, 15) is 13.5 Å². The molecule has 134 valence electrons. The zero-order chi connectivity index (χ0) is 16.8. The largest absolute Gasteiger partial charge is 0.390 e. The topological polar surface area (TPSA) is 63.6 Å². The van der Waals surface area contributed by atoms with E-state index in [4.69, 9.17) is 4.18 Å². The monoisotopic (exact) mass is 336 g/mol. The molecular weight excluding hydrogens is 300 g/mol. The highest BCUT2D eigenvalue weighted by Crippen LogP contribution is 2.11. The van der Waals surface area contributed by atoms with E-state index in [0.29, 0.717) is 6.42 Å². The molecule has 0 radical (unpaired) electrons. The Bertz CT molecular complexity index is 339. The van der Waals surface area contributed by atoms with Crippen molar-refractivity contribution in [3.05, 3.63) is 0 Å². The Morgan fingerprint density at radius 2 is 1.32 bits per heavy atom. The minimum atomic E-state index is -3.48. The van der Waals surface area contributed by atoms with Gasteiger partial charge in [-0.05, 0) is 12.3 Å². The molecule has 4 nitrogen and oxygen atoms in total. The first kappa shape index (κ1) is 21.9. The lowest BCUT2D eigenvalue weighted by molar-refractivity contribution is 0.0727. The second-order valence-corrected chi connectivity index (χ2v) is 8.30. The summed E-state index contributed by atoms with van der Waals surface area (Å²) >= 11 is 0. The Morgan fingerprint density at radius 1 is 0.864 bits per heavy atom. The molecule has 0 aromatic carbocycles. The molecule has 0 aromatic heterocycles. The quantitative estimate of drug-likeness (QED) is 0.358. The van der Waals surface area contributed by atoms with E-state index in [2.05, 4.69) is 6.92 Å². The molecule has 0 fully saturated rings. The van der Waals surface area contributed by atoms with Crippen molar-refractivity contribution in [3.8, 4) is 0 Å². The van der Waals surface area contributed by atoms with E-state index in [0.717, 1.165) is 12.8 Å². The summed E-state index contributed by atoms with van der Waals surface area (Å²) in [4.78, 5) is 0. The Balaban J connectivity index is 3.49. The standard InChI is InChI=1S/C17H36O4S/c1-4-5-6-7-8-9-10-11-12-13-14-22(19,20)21-15-17(18)16(2)3/h16-18H,4-15H2,1-3H3. The Labute approximate surface area is 137 Å². The zero-order valence-corrected chi connectivity index (χ0v) is 15.5. The predicted molar refractivity (Wildman–Crippen MR) is 92.4 cm³/mol. The van der Waals surface area contributed by atoms with Gasteiger partial charge < -0.3 is 5.11 Å². The van der Waals surface area contributed by atoms with Crippen LogP contribution in [-0.4, -0.2) is 32.0 Å². The lowest BCUT2D eigenvalue weighted by Gasteiger charge is -2.14. The number of rotatable bonds is 15. The van der Waals surface area contributed by atoms with Gasteiger partial charge in [0, 0.05) is 0 Å². The molecule has 0 heterocycles. The van der Waals surface area contributed by atoms with Crippen LogP contribution in [0.25, 0.3) is 0 Å². The second-order valence-electron chi connectivity index (χ2n) is 6.54. The van der Waals surface area contributed by atoms with Crippen LogP contribution in [0.5, 0.6) is 0 Å². The molecule has 0 saturated carbocycles. The van der Waals surface area contributed by atoms with E-state index in [-0.39, 0.29) is 18.3 Å². The average Bonchev–Trinajstić information content (AvgIpc) is 2.46. The summed E-state index contributed by atoms with van der Waals surface area (Å²) in [6.07, 6.45) is 11.0. The summed E-state index contributed by atoms with van der Waals surface area (Å²) in [7, 11) is -3.48. The van der Waals surface area contributed by atoms with Gasteiger partial charge in [-0.1, -0.05) is 78.6 Å². The molecule has 0 aliphatic carbocycles. The summed E-state index contributed by atoms with van der Waals surface area (Å²) < 4.78 is 28.2. The first-order valence-electron chi connectivity index (χ1n) is 8.94. The molecule has 0 spiro atoms. The van der Waals surface area contributed by atoms with Crippen LogP contribution in [-0.2, 0) is 14.3 Å². The fourth-order valence-corrected chi connectivity index (χ4v) is 3.21. The van der Waals surface area contributed by atoms with Crippen LogP contribution in [0.4, 0.5) is 0 Å². The van der Waals surface area contributed by atoms with Crippen molar-refractivity contribution in [2.75, 3.05) is 12.4 Å². The third-order valence-electron chi connectivity index (χ3n) is 3.94. The van der Waals surface area contributed by atoms with Crippen LogP contribution in [0.3, 0.4) is 0 Å². The maximum atomic E-state index is 11.7. The summed E-state index contributed by atoms with van der Waals surface area (Å²) in [6.45, 7) is 5.77. The molecule has 0 aliphatic heterocycles. The van der Waals surface area contributed by atoms with Crippen molar-refractivity contribution in [2.45, 2.75) is 91.1 Å². The van der Waals surface area contributed by atoms with E-state index >= 15 is 0 Å². The molecule has 1 unspecified atom stereocenters. The molecule has 0 aliphatic rings. The van der Waals surface area contributed by atoms with Gasteiger partial charge in [0.1, 0.15) is 0 Å². The predicted octanol–water partition coefficient (Wildman–Crippen LogP) is 4.27. The first-order chi connectivity index (χ1) is 10.4. The lowest BCUT2D eigenvalue weighted by Crippen LogP contribution is -2.24. The summed E-state index contributed by atoms with van der Waals surface area (Å²) in [5.74, 6) is 0.0708. The van der Waals surface area contributed by atoms with Crippen molar-refractivity contribution in [2.24, 2.45) is 5.92 Å². The van der Waals surface area contributed by atoms with Crippen molar-refractivity contribution in [3.63, 3.8) is 0 Å². The molecule has 0 rings (SSSR count). The van der Waals surface area contributed by atoms with Crippen LogP contribution in [0.2, 0.25) is 0 Å². The number of hydrogen-bond donors (Lipinski definition) is 1. The van der Waals surface area contributed by atoms with Crippen molar-refractivity contribution in [1.29, 1.82) is 0 Å². The molecular formula is C17H36O4S. The average molecular weight is 337 g/mol. The van der Waals surface area contributed by atoms with Gasteiger partial charge in [-0.25, -0.2) is 0 Å². The molecule has 1 N–H and O–H groups in total. The maximum Gasteiger partial charge on any atom is 0.267 e. The van der Waals surface area contributed by atoms with Gasteiger partial charge in [-0.2, -0.15) is 8.42 Å². The SMILES string of the molecule is CCCCCCCCCCCCS(=O)(=O)OCC(O)C(C)C. The number of hydrogen-bond acceptors (Lipinski definition) is 4. The van der Waals surface area contributed by atoms with E-state index in [1.54, 1.807) is 0 Å². The molecule has 1 atom stereocenters. The highest BCUT2D eigenvalue weighted by molar-refractivity contribution is 7.86. The molecule has 0 amide bonds. The number of aliphatic hydroxyl groups excluding tert-OH is 1. The van der Waals surface area contributed by atoms with Crippen molar-refractivity contribution < 1.29 is 17.7 Å². The summed E-state index contributed by atoms with van der Waals surface area (Å²) in [6, 6.07) is 0.